The molecule has 0 atom stereocenters. The maximum Gasteiger partial charge on any atom is 0.265 e. The summed E-state index contributed by atoms with van der Waals surface area (Å²) < 4.78 is 1.82. The molecule has 2 aromatic heterocycles. The molecular formula is C32H36ClN3O2S. The van der Waals surface area contributed by atoms with Crippen LogP contribution in [0.2, 0.25) is 5.02 Å². The number of benzene rings is 2. The third kappa shape index (κ3) is 6.18. The molecule has 0 aliphatic rings. The highest BCUT2D eigenvalue weighted by Gasteiger charge is 2.25. The van der Waals surface area contributed by atoms with Crippen LogP contribution < -0.4 is 10.9 Å². The van der Waals surface area contributed by atoms with Crippen molar-refractivity contribution in [1.82, 2.24) is 14.9 Å². The summed E-state index contributed by atoms with van der Waals surface area (Å²) in [6, 6.07) is 15.4. The second kappa shape index (κ2) is 12.8. The van der Waals surface area contributed by atoms with Gasteiger partial charge in [-0.1, -0.05) is 76.6 Å². The molecule has 2 heterocycles. The Bertz CT molecular complexity index is 1500. The van der Waals surface area contributed by atoms with Gasteiger partial charge in [-0.2, -0.15) is 0 Å². The van der Waals surface area contributed by atoms with E-state index in [1.54, 1.807) is 6.07 Å². The summed E-state index contributed by atoms with van der Waals surface area (Å²) >= 11 is 7.49. The molecule has 4 rings (SSSR count). The third-order valence-electron chi connectivity index (χ3n) is 6.75. The zero-order valence-electron chi connectivity index (χ0n) is 23.3. The maximum absolute atomic E-state index is 14.5. The van der Waals surface area contributed by atoms with E-state index in [0.29, 0.717) is 34.1 Å². The molecule has 7 heteroatoms. The molecule has 39 heavy (non-hydrogen) atoms. The van der Waals surface area contributed by atoms with E-state index in [9.17, 15) is 9.59 Å². The lowest BCUT2D eigenvalue weighted by Crippen LogP contribution is -2.32. The standard InChI is InChI=1S/C32H36ClN3O2S/c1-6-16-34-30(37)25-18-26(31-35-27(19-39-31)23-12-14-24(33)15-13-23)32(38)36(28(25)17-20(4)5)29-21(7-2)10-9-11-22(29)8-3/h9-15,18-20H,6-8,16-17H2,1-5H3,(H,34,37). The van der Waals surface area contributed by atoms with Crippen LogP contribution in [0.1, 0.15) is 68.2 Å². The Morgan fingerprint density at radius 3 is 2.31 bits per heavy atom. The van der Waals surface area contributed by atoms with E-state index in [1.165, 1.54) is 11.3 Å². The fourth-order valence-electron chi connectivity index (χ4n) is 4.81. The number of hydrogen-bond donors (Lipinski definition) is 1. The quantitative estimate of drug-likeness (QED) is 0.215. The van der Waals surface area contributed by atoms with Gasteiger partial charge in [-0.3, -0.25) is 14.2 Å². The van der Waals surface area contributed by atoms with Crippen molar-refractivity contribution < 1.29 is 4.79 Å². The number of nitrogens with zero attached hydrogens (tertiary/aromatic N) is 2. The highest BCUT2D eigenvalue weighted by atomic mass is 35.5. The predicted octanol–water partition coefficient (Wildman–Crippen LogP) is 7.74. The van der Waals surface area contributed by atoms with E-state index in [4.69, 9.17) is 16.6 Å². The third-order valence-corrected chi connectivity index (χ3v) is 7.88. The van der Waals surface area contributed by atoms with E-state index in [-0.39, 0.29) is 17.4 Å². The Morgan fingerprint density at radius 1 is 1.05 bits per heavy atom. The molecule has 0 aliphatic carbocycles. The lowest BCUT2D eigenvalue weighted by atomic mass is 9.97. The number of thiazole rings is 1. The molecule has 5 nitrogen and oxygen atoms in total. The molecular weight excluding hydrogens is 526 g/mol. The number of carbonyl (C=O) groups excluding carboxylic acids is 1. The molecule has 0 aliphatic heterocycles. The van der Waals surface area contributed by atoms with Crippen LogP contribution in [-0.2, 0) is 19.3 Å². The summed E-state index contributed by atoms with van der Waals surface area (Å²) in [6.45, 7) is 11.0. The zero-order chi connectivity index (χ0) is 28.1. The van der Waals surface area contributed by atoms with Crippen molar-refractivity contribution in [2.24, 2.45) is 5.92 Å². The van der Waals surface area contributed by atoms with Crippen molar-refractivity contribution in [2.75, 3.05) is 6.54 Å². The average molecular weight is 562 g/mol. The number of nitrogens with one attached hydrogen (secondary N) is 1. The molecule has 1 amide bonds. The van der Waals surface area contributed by atoms with Crippen molar-refractivity contribution >= 4 is 28.8 Å². The van der Waals surface area contributed by atoms with Crippen LogP contribution in [0.4, 0.5) is 0 Å². The summed E-state index contributed by atoms with van der Waals surface area (Å²) in [5.74, 6) is 0.0819. The lowest BCUT2D eigenvalue weighted by molar-refractivity contribution is 0.0951. The van der Waals surface area contributed by atoms with E-state index in [1.807, 2.05) is 47.2 Å². The molecule has 1 N–H and O–H groups in total. The van der Waals surface area contributed by atoms with Gasteiger partial charge in [0, 0.05) is 28.2 Å². The van der Waals surface area contributed by atoms with Crippen LogP contribution in [0.25, 0.3) is 27.5 Å². The number of halogens is 1. The highest BCUT2D eigenvalue weighted by Crippen LogP contribution is 2.31. The van der Waals surface area contributed by atoms with Crippen LogP contribution in [0.5, 0.6) is 0 Å². The van der Waals surface area contributed by atoms with Gasteiger partial charge in [0.25, 0.3) is 11.5 Å². The lowest BCUT2D eigenvalue weighted by Gasteiger charge is -2.23. The van der Waals surface area contributed by atoms with E-state index >= 15 is 0 Å². The van der Waals surface area contributed by atoms with Crippen LogP contribution in [0, 0.1) is 5.92 Å². The van der Waals surface area contributed by atoms with Gasteiger partial charge in [0.1, 0.15) is 5.01 Å². The highest BCUT2D eigenvalue weighted by molar-refractivity contribution is 7.13. The molecule has 0 fully saturated rings. The maximum atomic E-state index is 14.5. The number of carbonyl (C=O) groups is 1. The van der Waals surface area contributed by atoms with Crippen LogP contribution in [-0.4, -0.2) is 22.0 Å². The topological polar surface area (TPSA) is 64.0 Å². The first-order chi connectivity index (χ1) is 18.8. The van der Waals surface area contributed by atoms with Gasteiger partial charge in [-0.15, -0.1) is 11.3 Å². The Morgan fingerprint density at radius 2 is 1.72 bits per heavy atom. The molecule has 0 bridgehead atoms. The number of hydrogen-bond acceptors (Lipinski definition) is 4. The number of pyridine rings is 1. The predicted molar refractivity (Wildman–Crippen MR) is 164 cm³/mol. The Labute approximate surface area is 239 Å². The van der Waals surface area contributed by atoms with Gasteiger partial charge in [0.05, 0.1) is 22.5 Å². The van der Waals surface area contributed by atoms with Gasteiger partial charge >= 0.3 is 0 Å². The largest absolute Gasteiger partial charge is 0.352 e. The first-order valence-electron chi connectivity index (χ1n) is 13.7. The van der Waals surface area contributed by atoms with Gasteiger partial charge in [-0.25, -0.2) is 4.98 Å². The smallest absolute Gasteiger partial charge is 0.265 e. The minimum atomic E-state index is -0.163. The molecule has 0 radical (unpaired) electrons. The summed E-state index contributed by atoms with van der Waals surface area (Å²) in [7, 11) is 0. The normalized spacial score (nSPS) is 11.3. The van der Waals surface area contributed by atoms with Crippen molar-refractivity contribution in [3.63, 3.8) is 0 Å². The monoisotopic (exact) mass is 561 g/mol. The Hall–Kier alpha value is -3.22. The molecule has 0 saturated heterocycles. The van der Waals surface area contributed by atoms with Crippen molar-refractivity contribution in [3.8, 4) is 27.5 Å². The Kier molecular flexibility index (Phi) is 9.41. The number of amides is 1. The summed E-state index contributed by atoms with van der Waals surface area (Å²) in [6.07, 6.45) is 2.97. The second-order valence-electron chi connectivity index (χ2n) is 10.1. The number of aromatic nitrogens is 2. The average Bonchev–Trinajstić information content (AvgIpc) is 3.42. The van der Waals surface area contributed by atoms with Crippen LogP contribution >= 0.6 is 22.9 Å². The minimum absolute atomic E-state index is 0.148. The van der Waals surface area contributed by atoms with Gasteiger partial charge in [0.15, 0.2) is 0 Å². The molecule has 0 unspecified atom stereocenters. The number of rotatable bonds is 10. The fraction of sp³-hybridized carbons (Fsp3) is 0.344. The van der Waals surface area contributed by atoms with E-state index in [2.05, 4.69) is 45.1 Å². The summed E-state index contributed by atoms with van der Waals surface area (Å²) in [4.78, 5) is 32.9. The van der Waals surface area contributed by atoms with Crippen molar-refractivity contribution in [1.29, 1.82) is 0 Å². The van der Waals surface area contributed by atoms with Crippen molar-refractivity contribution in [2.45, 2.75) is 60.3 Å². The van der Waals surface area contributed by atoms with Gasteiger partial charge < -0.3 is 5.32 Å². The van der Waals surface area contributed by atoms with Gasteiger partial charge in [0.2, 0.25) is 0 Å². The first kappa shape index (κ1) is 28.8. The van der Waals surface area contributed by atoms with Crippen molar-refractivity contribution in [3.05, 3.63) is 91.7 Å². The van der Waals surface area contributed by atoms with Crippen LogP contribution in [0.3, 0.4) is 0 Å². The summed E-state index contributed by atoms with van der Waals surface area (Å²) in [5, 5.41) is 6.24. The first-order valence-corrected chi connectivity index (χ1v) is 14.9. The zero-order valence-corrected chi connectivity index (χ0v) is 24.9. The number of aryl methyl sites for hydroxylation is 2. The van der Waals surface area contributed by atoms with Gasteiger partial charge in [-0.05, 0) is 60.9 Å². The molecule has 0 saturated carbocycles. The second-order valence-corrected chi connectivity index (χ2v) is 11.4. The molecule has 2 aromatic carbocycles. The van der Waals surface area contributed by atoms with E-state index in [0.717, 1.165) is 53.0 Å². The SMILES string of the molecule is CCCNC(=O)c1cc(-c2nc(-c3ccc(Cl)cc3)cs2)c(=O)n(-c2c(CC)cccc2CC)c1CC(C)C. The minimum Gasteiger partial charge on any atom is -0.352 e. The molecule has 204 valence electrons. The number of para-hydroxylation sites is 1. The van der Waals surface area contributed by atoms with E-state index < -0.39 is 0 Å². The summed E-state index contributed by atoms with van der Waals surface area (Å²) in [5.41, 5.74) is 6.31. The van der Waals surface area contributed by atoms with Crippen LogP contribution in [0.15, 0.2) is 58.7 Å². The molecule has 4 aromatic rings. The fourth-order valence-corrected chi connectivity index (χ4v) is 5.78. The molecule has 0 spiro atoms. The Balaban J connectivity index is 2.04.